The van der Waals surface area contributed by atoms with Crippen LogP contribution in [0.1, 0.15) is 30.1 Å². The van der Waals surface area contributed by atoms with Crippen molar-refractivity contribution in [3.05, 3.63) is 54.4 Å². The van der Waals surface area contributed by atoms with E-state index in [0.29, 0.717) is 37.2 Å². The van der Waals surface area contributed by atoms with Gasteiger partial charge in [0, 0.05) is 31.4 Å². The van der Waals surface area contributed by atoms with Crippen LogP contribution >= 0.6 is 0 Å². The Kier molecular flexibility index (Phi) is 11.5. The molecule has 1 aromatic heterocycles. The number of ether oxygens (including phenoxy) is 1. The lowest BCUT2D eigenvalue weighted by Gasteiger charge is -2.32. The van der Waals surface area contributed by atoms with Crippen molar-refractivity contribution in [3.8, 4) is 17.6 Å². The average molecular weight is 586 g/mol. The fourth-order valence-electron chi connectivity index (χ4n) is 3.45. The van der Waals surface area contributed by atoms with Crippen molar-refractivity contribution in [1.29, 1.82) is 0 Å². The molecular formula is C25H26F3N3O8S. The molecule has 11 nitrogen and oxygen atoms in total. The molecular weight excluding hydrogens is 559 g/mol. The van der Waals surface area contributed by atoms with Crippen molar-refractivity contribution < 1.29 is 51.0 Å². The van der Waals surface area contributed by atoms with E-state index in [0.717, 1.165) is 0 Å². The molecule has 2 heterocycles. The highest BCUT2D eigenvalue weighted by Gasteiger charge is 2.38. The molecule has 0 unspecified atom stereocenters. The second-order valence-corrected chi connectivity index (χ2v) is 10.2. The number of hydrogen-bond acceptors (Lipinski definition) is 8. The Hall–Kier alpha value is -4.16. The van der Waals surface area contributed by atoms with Crippen LogP contribution in [0.2, 0.25) is 0 Å². The summed E-state index contributed by atoms with van der Waals surface area (Å²) in [6, 6.07) is 9.03. The molecule has 15 heteroatoms. The lowest BCUT2D eigenvalue weighted by Crippen LogP contribution is -2.44. The Labute approximate surface area is 228 Å². The van der Waals surface area contributed by atoms with Gasteiger partial charge in [-0.25, -0.2) is 18.3 Å². The number of pyridine rings is 1. The molecule has 2 N–H and O–H groups in total. The number of piperidine rings is 1. The number of hydrogen-bond donors (Lipinski definition) is 2. The molecule has 0 saturated carbocycles. The highest BCUT2D eigenvalue weighted by molar-refractivity contribution is 7.91. The highest BCUT2D eigenvalue weighted by Crippen LogP contribution is 2.23. The molecule has 0 bridgehead atoms. The molecule has 3 rings (SSSR count). The number of nitrogens with zero attached hydrogens (tertiary/aromatic N) is 3. The molecule has 1 aromatic carbocycles. The van der Waals surface area contributed by atoms with Gasteiger partial charge in [-0.2, -0.15) is 13.2 Å². The van der Waals surface area contributed by atoms with Crippen molar-refractivity contribution in [1.82, 2.24) is 14.9 Å². The first-order valence-corrected chi connectivity index (χ1v) is 13.3. The number of sulfone groups is 1. The number of carboxylic acid groups (broad SMARTS) is 1. The van der Waals surface area contributed by atoms with E-state index in [1.54, 1.807) is 30.2 Å². The van der Waals surface area contributed by atoms with Crippen LogP contribution in [-0.2, 0) is 19.4 Å². The number of hydroxylamine groups is 2. The maximum Gasteiger partial charge on any atom is 0.490 e. The van der Waals surface area contributed by atoms with Gasteiger partial charge in [-0.05, 0) is 56.2 Å². The van der Waals surface area contributed by atoms with Crippen molar-refractivity contribution in [2.24, 2.45) is 5.92 Å². The molecule has 1 aliphatic heterocycles. The first-order valence-electron chi connectivity index (χ1n) is 11.6. The molecule has 216 valence electrons. The third-order valence-corrected chi connectivity index (χ3v) is 7.07. The molecule has 1 saturated heterocycles. The molecule has 0 atom stereocenters. The molecule has 0 spiro atoms. The van der Waals surface area contributed by atoms with Crippen LogP contribution in [0.25, 0.3) is 0 Å². The lowest BCUT2D eigenvalue weighted by molar-refractivity contribution is -0.192. The summed E-state index contributed by atoms with van der Waals surface area (Å²) in [6.45, 7) is 2.53. The number of aliphatic carboxylic acids is 1. The monoisotopic (exact) mass is 585 g/mol. The van der Waals surface area contributed by atoms with Gasteiger partial charge < -0.3 is 14.7 Å². The number of halogens is 3. The molecule has 40 heavy (non-hydrogen) atoms. The summed E-state index contributed by atoms with van der Waals surface area (Å²) in [5.41, 5.74) is 0.465. The van der Waals surface area contributed by atoms with E-state index < -0.39 is 39.7 Å². The normalized spacial score (nSPS) is 13.7. The minimum absolute atomic E-state index is 0.0415. The topological polar surface area (TPSA) is 154 Å². The van der Waals surface area contributed by atoms with Crippen LogP contribution in [0.15, 0.2) is 53.7 Å². The minimum Gasteiger partial charge on any atom is -0.481 e. The number of rotatable bonds is 7. The first kappa shape index (κ1) is 32.1. The van der Waals surface area contributed by atoms with Crippen molar-refractivity contribution >= 4 is 27.6 Å². The van der Waals surface area contributed by atoms with Crippen LogP contribution in [0.3, 0.4) is 0 Å². The number of benzene rings is 1. The molecule has 2 aromatic rings. The summed E-state index contributed by atoms with van der Waals surface area (Å²) in [5, 5.41) is 17.6. The fraction of sp³-hybridized carbons (Fsp3) is 0.360. The largest absolute Gasteiger partial charge is 0.490 e. The smallest absolute Gasteiger partial charge is 0.481 e. The number of carboxylic acids is 1. The summed E-state index contributed by atoms with van der Waals surface area (Å²) >= 11 is 0. The molecule has 0 aliphatic carbocycles. The Morgan fingerprint density at radius 1 is 1.15 bits per heavy atom. The number of likely N-dealkylation sites (tertiary alicyclic amines) is 1. The number of carbonyl (C=O) groups is 3. The van der Waals surface area contributed by atoms with Gasteiger partial charge in [0.1, 0.15) is 12.4 Å². The van der Waals surface area contributed by atoms with Crippen LogP contribution in [0.4, 0.5) is 13.2 Å². The van der Waals surface area contributed by atoms with Gasteiger partial charge in [0.2, 0.25) is 5.91 Å². The zero-order valence-corrected chi connectivity index (χ0v) is 22.0. The predicted octanol–water partition coefficient (Wildman–Crippen LogP) is 2.62. The number of alkyl halides is 3. The van der Waals surface area contributed by atoms with Gasteiger partial charge in [0.25, 0.3) is 5.91 Å². The summed E-state index contributed by atoms with van der Waals surface area (Å²) in [7, 11) is -3.95. The van der Waals surface area contributed by atoms with Crippen molar-refractivity contribution in [3.63, 3.8) is 0 Å². The van der Waals surface area contributed by atoms with Gasteiger partial charge in [0.05, 0.1) is 10.5 Å². The van der Waals surface area contributed by atoms with E-state index >= 15 is 0 Å². The summed E-state index contributed by atoms with van der Waals surface area (Å²) < 4.78 is 62.3. The number of carbonyl (C=O) groups excluding carboxylic acids is 2. The van der Waals surface area contributed by atoms with Crippen molar-refractivity contribution in [2.45, 2.75) is 30.8 Å². The van der Waals surface area contributed by atoms with Gasteiger partial charge in [-0.1, -0.05) is 5.92 Å². The van der Waals surface area contributed by atoms with Crippen LogP contribution in [-0.4, -0.2) is 83.2 Å². The lowest BCUT2D eigenvalue weighted by atomic mass is 9.95. The summed E-state index contributed by atoms with van der Waals surface area (Å²) in [4.78, 5) is 39.5. The van der Waals surface area contributed by atoms with E-state index in [1.165, 1.54) is 30.5 Å². The zero-order chi connectivity index (χ0) is 29.9. The van der Waals surface area contributed by atoms with Gasteiger partial charge >= 0.3 is 12.1 Å². The van der Waals surface area contributed by atoms with Gasteiger partial charge in [-0.15, -0.1) is 5.92 Å². The van der Waals surface area contributed by atoms with Crippen LogP contribution in [0.5, 0.6) is 5.75 Å². The quantitative estimate of drug-likeness (QED) is 0.284. The second kappa shape index (κ2) is 14.3. The van der Waals surface area contributed by atoms with Crippen LogP contribution in [0, 0.1) is 17.8 Å². The fourth-order valence-corrected chi connectivity index (χ4v) is 4.60. The van der Waals surface area contributed by atoms with Gasteiger partial charge in [0.15, 0.2) is 15.7 Å². The van der Waals surface area contributed by atoms with E-state index in [1.807, 2.05) is 0 Å². The van der Waals surface area contributed by atoms with E-state index in [4.69, 9.17) is 14.6 Å². The van der Waals surface area contributed by atoms with E-state index in [2.05, 4.69) is 16.8 Å². The summed E-state index contributed by atoms with van der Waals surface area (Å²) in [6.07, 6.45) is -1.36. The van der Waals surface area contributed by atoms with Crippen LogP contribution < -0.4 is 4.74 Å². The van der Waals surface area contributed by atoms with E-state index in [-0.39, 0.29) is 22.5 Å². The molecule has 0 radical (unpaired) electrons. The first-order chi connectivity index (χ1) is 18.8. The maximum atomic E-state index is 12.6. The maximum absolute atomic E-state index is 12.6. The molecule has 1 fully saturated rings. The Balaban J connectivity index is 0.000000708. The second-order valence-electron chi connectivity index (χ2n) is 8.28. The number of amides is 2. The Bertz CT molecular complexity index is 1330. The van der Waals surface area contributed by atoms with Crippen molar-refractivity contribution in [2.75, 3.05) is 25.6 Å². The third-order valence-electron chi connectivity index (χ3n) is 5.50. The highest BCUT2D eigenvalue weighted by atomic mass is 32.2. The molecule has 2 amide bonds. The zero-order valence-electron chi connectivity index (χ0n) is 21.2. The molecule has 1 aliphatic rings. The third kappa shape index (κ3) is 9.54. The standard InChI is InChI=1S/C23H25N3O6S.C2HF3O2/c1-2-3-15-32-20-6-8-21(9-7-20)33(30,31)17-26(29)23(28)18-10-13-25(14-11-18)22(27)19-5-4-12-24-16-19;3-2(4,5)1(6)7/h4-9,12,16,18,29H,10-11,13-15,17H2,1H3;(H,6,7). The Morgan fingerprint density at radius 3 is 2.25 bits per heavy atom. The van der Waals surface area contributed by atoms with Gasteiger partial charge in [-0.3, -0.25) is 19.8 Å². The minimum atomic E-state index is -5.08. The average Bonchev–Trinajstić information content (AvgIpc) is 2.93. The Morgan fingerprint density at radius 2 is 1.75 bits per heavy atom. The SMILES string of the molecule is CC#CCOc1ccc(S(=O)(=O)CN(O)C(=O)C2CCN(C(=O)c3cccnc3)CC2)cc1.O=C(O)C(F)(F)F. The predicted molar refractivity (Wildman–Crippen MR) is 133 cm³/mol. The number of aromatic nitrogens is 1. The van der Waals surface area contributed by atoms with E-state index in [9.17, 15) is 36.4 Å². The summed E-state index contributed by atoms with van der Waals surface area (Å²) in [5.74, 6) is 0.849.